The molecular formula is C17H21Cl2NO2. The Kier molecular flexibility index (Phi) is 8.28. The Hall–Kier alpha value is -1.26. The largest absolute Gasteiger partial charge is 0.489 e. The summed E-state index contributed by atoms with van der Waals surface area (Å²) in [6.45, 7) is 3.62. The van der Waals surface area contributed by atoms with E-state index >= 15 is 0 Å². The first kappa shape index (κ1) is 18.8. The molecule has 1 atom stereocenters. The highest BCUT2D eigenvalue weighted by molar-refractivity contribution is 6.30. The molecule has 0 bridgehead atoms. The van der Waals surface area contributed by atoms with Gasteiger partial charge in [0.05, 0.1) is 6.10 Å². The molecule has 22 heavy (non-hydrogen) atoms. The van der Waals surface area contributed by atoms with Gasteiger partial charge >= 0.3 is 0 Å². The molecule has 0 aliphatic heterocycles. The van der Waals surface area contributed by atoms with Gasteiger partial charge in [-0.05, 0) is 42.3 Å². The molecule has 3 nitrogen and oxygen atoms in total. The zero-order valence-electron chi connectivity index (χ0n) is 12.5. The summed E-state index contributed by atoms with van der Waals surface area (Å²) in [7, 11) is 0. The lowest BCUT2D eigenvalue weighted by molar-refractivity contribution is 0.191. The Morgan fingerprint density at radius 2 is 1.64 bits per heavy atom. The summed E-state index contributed by atoms with van der Waals surface area (Å²) < 4.78 is 5.73. The second-order valence-corrected chi connectivity index (χ2v) is 5.48. The fourth-order valence-electron chi connectivity index (χ4n) is 1.88. The van der Waals surface area contributed by atoms with Crippen LogP contribution in [0.2, 0.25) is 5.02 Å². The van der Waals surface area contributed by atoms with Crippen LogP contribution < -0.4 is 10.1 Å². The lowest BCUT2D eigenvalue weighted by Crippen LogP contribution is -2.23. The molecule has 0 amide bonds. The lowest BCUT2D eigenvalue weighted by atomic mass is 10.2. The summed E-state index contributed by atoms with van der Waals surface area (Å²) in [4.78, 5) is 0. The van der Waals surface area contributed by atoms with Crippen molar-refractivity contribution in [2.24, 2.45) is 0 Å². The smallest absolute Gasteiger partial charge is 0.119 e. The van der Waals surface area contributed by atoms with Crippen molar-refractivity contribution >= 4 is 24.0 Å². The highest BCUT2D eigenvalue weighted by Gasteiger charge is 1.99. The Bertz CT molecular complexity index is 542. The maximum absolute atomic E-state index is 9.18. The van der Waals surface area contributed by atoms with Crippen molar-refractivity contribution in [3.05, 3.63) is 64.7 Å². The molecule has 5 heteroatoms. The summed E-state index contributed by atoms with van der Waals surface area (Å²) in [5.74, 6) is 0.837. The van der Waals surface area contributed by atoms with Crippen LogP contribution in [0.4, 0.5) is 0 Å². The topological polar surface area (TPSA) is 41.5 Å². The zero-order chi connectivity index (χ0) is 15.1. The number of aliphatic hydroxyl groups excluding tert-OH is 1. The van der Waals surface area contributed by atoms with Gasteiger partial charge in [-0.1, -0.05) is 35.9 Å². The first-order valence-corrected chi connectivity index (χ1v) is 7.36. The maximum Gasteiger partial charge on any atom is 0.119 e. The second-order valence-electron chi connectivity index (χ2n) is 5.04. The molecule has 0 spiro atoms. The summed E-state index contributed by atoms with van der Waals surface area (Å²) in [5, 5.41) is 13.1. The second kappa shape index (κ2) is 9.70. The Morgan fingerprint density at radius 3 is 2.23 bits per heavy atom. The molecule has 1 unspecified atom stereocenters. The third-order valence-corrected chi connectivity index (χ3v) is 3.26. The molecule has 0 aromatic heterocycles. The first-order chi connectivity index (χ1) is 10.1. The molecule has 0 saturated heterocycles. The molecule has 0 fully saturated rings. The van der Waals surface area contributed by atoms with Gasteiger partial charge in [0.2, 0.25) is 0 Å². The van der Waals surface area contributed by atoms with Crippen molar-refractivity contribution in [3.8, 4) is 5.75 Å². The molecule has 0 aliphatic rings. The Labute approximate surface area is 142 Å². The van der Waals surface area contributed by atoms with E-state index in [1.165, 1.54) is 0 Å². The molecule has 2 rings (SSSR count). The predicted molar refractivity (Wildman–Crippen MR) is 92.9 cm³/mol. The van der Waals surface area contributed by atoms with Crippen LogP contribution in [-0.4, -0.2) is 17.8 Å². The van der Waals surface area contributed by atoms with E-state index in [9.17, 15) is 5.11 Å². The highest BCUT2D eigenvalue weighted by Crippen LogP contribution is 2.15. The van der Waals surface area contributed by atoms with Gasteiger partial charge in [-0.25, -0.2) is 0 Å². The van der Waals surface area contributed by atoms with Crippen LogP contribution in [0.5, 0.6) is 5.75 Å². The third kappa shape index (κ3) is 6.67. The average Bonchev–Trinajstić information content (AvgIpc) is 2.48. The van der Waals surface area contributed by atoms with E-state index in [4.69, 9.17) is 16.3 Å². The molecule has 0 heterocycles. The third-order valence-electron chi connectivity index (χ3n) is 3.01. The Balaban J connectivity index is 0.00000242. The first-order valence-electron chi connectivity index (χ1n) is 6.98. The summed E-state index contributed by atoms with van der Waals surface area (Å²) in [5.41, 5.74) is 2.25. The summed E-state index contributed by atoms with van der Waals surface area (Å²) >= 11 is 5.84. The standard InChI is InChI=1S/C17H20ClNO2.ClH/c1-13(20)10-19-11-14-4-8-17(9-5-14)21-12-15-2-6-16(18)7-3-15;/h2-9,13,19-20H,10-12H2,1H3;1H. The van der Waals surface area contributed by atoms with Gasteiger partial charge in [-0.2, -0.15) is 0 Å². The van der Waals surface area contributed by atoms with E-state index in [0.717, 1.165) is 28.4 Å². The van der Waals surface area contributed by atoms with Crippen LogP contribution in [0.15, 0.2) is 48.5 Å². The van der Waals surface area contributed by atoms with Crippen molar-refractivity contribution < 1.29 is 9.84 Å². The lowest BCUT2D eigenvalue weighted by Gasteiger charge is -2.09. The monoisotopic (exact) mass is 341 g/mol. The molecular weight excluding hydrogens is 321 g/mol. The van der Waals surface area contributed by atoms with Crippen LogP contribution in [0.1, 0.15) is 18.1 Å². The van der Waals surface area contributed by atoms with Gasteiger partial charge in [0, 0.05) is 18.1 Å². The fraction of sp³-hybridized carbons (Fsp3) is 0.294. The molecule has 0 aliphatic carbocycles. The van der Waals surface area contributed by atoms with Crippen molar-refractivity contribution in [2.45, 2.75) is 26.2 Å². The SMILES string of the molecule is CC(O)CNCc1ccc(OCc2ccc(Cl)cc2)cc1.Cl. The van der Waals surface area contributed by atoms with Crippen molar-refractivity contribution in [1.29, 1.82) is 0 Å². The van der Waals surface area contributed by atoms with Gasteiger partial charge < -0.3 is 15.2 Å². The number of halogens is 2. The van der Waals surface area contributed by atoms with E-state index in [-0.39, 0.29) is 18.5 Å². The maximum atomic E-state index is 9.18. The predicted octanol–water partition coefficient (Wildman–Crippen LogP) is 3.81. The molecule has 2 aromatic carbocycles. The van der Waals surface area contributed by atoms with Gasteiger partial charge in [-0.15, -0.1) is 12.4 Å². The fourth-order valence-corrected chi connectivity index (χ4v) is 2.00. The van der Waals surface area contributed by atoms with Crippen LogP contribution in [-0.2, 0) is 13.2 Å². The average molecular weight is 342 g/mol. The number of ether oxygens (including phenoxy) is 1. The van der Waals surface area contributed by atoms with Crippen LogP contribution in [0.25, 0.3) is 0 Å². The number of hydrogen-bond acceptors (Lipinski definition) is 3. The molecule has 2 aromatic rings. The van der Waals surface area contributed by atoms with E-state index in [0.29, 0.717) is 13.2 Å². The van der Waals surface area contributed by atoms with Crippen LogP contribution >= 0.6 is 24.0 Å². The normalized spacial score (nSPS) is 11.6. The zero-order valence-corrected chi connectivity index (χ0v) is 14.0. The molecule has 120 valence electrons. The highest BCUT2D eigenvalue weighted by atomic mass is 35.5. The minimum atomic E-state index is -0.327. The number of benzene rings is 2. The number of hydrogen-bond donors (Lipinski definition) is 2. The number of rotatable bonds is 7. The van der Waals surface area contributed by atoms with Crippen molar-refractivity contribution in [3.63, 3.8) is 0 Å². The van der Waals surface area contributed by atoms with E-state index in [2.05, 4.69) is 5.32 Å². The molecule has 0 saturated carbocycles. The van der Waals surface area contributed by atoms with Gasteiger partial charge in [0.15, 0.2) is 0 Å². The van der Waals surface area contributed by atoms with Gasteiger partial charge in [-0.3, -0.25) is 0 Å². The van der Waals surface area contributed by atoms with E-state index in [1.54, 1.807) is 6.92 Å². The quantitative estimate of drug-likeness (QED) is 0.804. The molecule has 0 radical (unpaired) electrons. The van der Waals surface area contributed by atoms with Gasteiger partial charge in [0.1, 0.15) is 12.4 Å². The Morgan fingerprint density at radius 1 is 1.05 bits per heavy atom. The van der Waals surface area contributed by atoms with Crippen LogP contribution in [0, 0.1) is 0 Å². The molecule has 2 N–H and O–H groups in total. The van der Waals surface area contributed by atoms with E-state index in [1.807, 2.05) is 48.5 Å². The van der Waals surface area contributed by atoms with Crippen molar-refractivity contribution in [2.75, 3.05) is 6.54 Å². The van der Waals surface area contributed by atoms with Crippen LogP contribution in [0.3, 0.4) is 0 Å². The number of nitrogens with one attached hydrogen (secondary N) is 1. The van der Waals surface area contributed by atoms with Crippen molar-refractivity contribution in [1.82, 2.24) is 5.32 Å². The summed E-state index contributed by atoms with van der Waals surface area (Å²) in [6, 6.07) is 15.6. The summed E-state index contributed by atoms with van der Waals surface area (Å²) in [6.07, 6.45) is -0.327. The minimum Gasteiger partial charge on any atom is -0.489 e. The number of aliphatic hydroxyl groups is 1. The minimum absolute atomic E-state index is 0. The van der Waals surface area contributed by atoms with Gasteiger partial charge in [0.25, 0.3) is 0 Å². The van der Waals surface area contributed by atoms with E-state index < -0.39 is 0 Å².